The number of fused-ring (bicyclic) bond motifs is 1. The van der Waals surface area contributed by atoms with Crippen LogP contribution in [0.15, 0.2) is 11.1 Å². The van der Waals surface area contributed by atoms with Gasteiger partial charge in [-0.1, -0.05) is 11.1 Å². The number of carbonyl (C=O) groups is 3. The van der Waals surface area contributed by atoms with Crippen LogP contribution in [0.3, 0.4) is 0 Å². The molecule has 2 aliphatic rings. The summed E-state index contributed by atoms with van der Waals surface area (Å²) in [5.74, 6) is -3.13. The Hall–Kier alpha value is -2.15. The average Bonchev–Trinajstić information content (AvgIpc) is 3.00. The van der Waals surface area contributed by atoms with Crippen LogP contribution in [0.25, 0.3) is 0 Å². The van der Waals surface area contributed by atoms with Gasteiger partial charge < -0.3 is 15.2 Å². The van der Waals surface area contributed by atoms with E-state index in [-0.39, 0.29) is 5.91 Å². The van der Waals surface area contributed by atoms with Gasteiger partial charge in [0.25, 0.3) is 0 Å². The molecule has 0 radical (unpaired) electrons. The standard InChI is InChI=1S/C20H25NO5S/c1-10-8-13(14(19(23)24)9-11(10)2)17(22)21-18-16(20(25)26-3)12-6-4-5-7-15(12)27-18/h13-14H,4-9H2,1-3H3,(H,21,22)(H,23,24)/t13-,14-/m0/s1. The quantitative estimate of drug-likeness (QED) is 0.602. The Morgan fingerprint density at radius 3 is 2.33 bits per heavy atom. The molecule has 0 saturated heterocycles. The van der Waals surface area contributed by atoms with E-state index >= 15 is 0 Å². The highest BCUT2D eigenvalue weighted by Gasteiger charge is 2.38. The second-order valence-corrected chi connectivity index (χ2v) is 8.52. The third-order valence-corrected chi connectivity index (χ3v) is 6.93. The Morgan fingerprint density at radius 2 is 1.70 bits per heavy atom. The van der Waals surface area contributed by atoms with Gasteiger partial charge in [-0.2, -0.15) is 0 Å². The molecule has 2 N–H and O–H groups in total. The molecule has 0 fully saturated rings. The summed E-state index contributed by atoms with van der Waals surface area (Å²) in [6, 6.07) is 0. The number of aryl methyl sites for hydroxylation is 1. The molecule has 0 aromatic carbocycles. The summed E-state index contributed by atoms with van der Waals surface area (Å²) in [7, 11) is 1.33. The third kappa shape index (κ3) is 3.78. The molecule has 2 aliphatic carbocycles. The molecule has 7 heteroatoms. The van der Waals surface area contributed by atoms with Gasteiger partial charge in [-0.3, -0.25) is 9.59 Å². The number of aliphatic carboxylic acids is 1. The maximum absolute atomic E-state index is 13.0. The van der Waals surface area contributed by atoms with Crippen molar-refractivity contribution in [2.45, 2.75) is 52.4 Å². The van der Waals surface area contributed by atoms with E-state index in [1.165, 1.54) is 18.4 Å². The normalized spacial score (nSPS) is 22.2. The highest BCUT2D eigenvalue weighted by atomic mass is 32.1. The lowest BCUT2D eigenvalue weighted by atomic mass is 9.76. The minimum Gasteiger partial charge on any atom is -0.481 e. The van der Waals surface area contributed by atoms with E-state index in [9.17, 15) is 19.5 Å². The Kier molecular flexibility index (Phi) is 5.69. The molecule has 0 bridgehead atoms. The van der Waals surface area contributed by atoms with Crippen LogP contribution < -0.4 is 5.32 Å². The molecule has 27 heavy (non-hydrogen) atoms. The fraction of sp³-hybridized carbons (Fsp3) is 0.550. The van der Waals surface area contributed by atoms with Crippen molar-refractivity contribution in [3.63, 3.8) is 0 Å². The molecule has 0 saturated carbocycles. The number of allylic oxidation sites excluding steroid dienone is 2. The highest BCUT2D eigenvalue weighted by molar-refractivity contribution is 7.17. The molecule has 0 spiro atoms. The van der Waals surface area contributed by atoms with Crippen LogP contribution in [-0.2, 0) is 27.2 Å². The highest BCUT2D eigenvalue weighted by Crippen LogP contribution is 2.40. The number of thiophene rings is 1. The molecule has 1 aromatic rings. The SMILES string of the molecule is COC(=O)c1c(NC(=O)[C@H]2CC(C)=C(C)C[C@@H]2C(=O)O)sc2c1CCCC2. The lowest BCUT2D eigenvalue weighted by Crippen LogP contribution is -2.36. The van der Waals surface area contributed by atoms with E-state index in [1.807, 2.05) is 13.8 Å². The number of ether oxygens (including phenoxy) is 1. The van der Waals surface area contributed by atoms with Crippen molar-refractivity contribution in [2.24, 2.45) is 11.8 Å². The minimum atomic E-state index is -0.958. The predicted molar refractivity (Wildman–Crippen MR) is 103 cm³/mol. The van der Waals surface area contributed by atoms with Crippen molar-refractivity contribution in [3.8, 4) is 0 Å². The first-order valence-electron chi connectivity index (χ1n) is 9.25. The fourth-order valence-electron chi connectivity index (χ4n) is 4.00. The average molecular weight is 391 g/mol. The number of rotatable bonds is 4. The molecule has 3 rings (SSSR count). The Labute approximate surface area is 162 Å². The van der Waals surface area contributed by atoms with Crippen LogP contribution in [0.1, 0.15) is 60.3 Å². The lowest BCUT2D eigenvalue weighted by molar-refractivity contribution is -0.146. The molecule has 2 atom stereocenters. The van der Waals surface area contributed by atoms with Crippen molar-refractivity contribution in [1.82, 2.24) is 0 Å². The van der Waals surface area contributed by atoms with E-state index < -0.39 is 23.8 Å². The van der Waals surface area contributed by atoms with Gasteiger partial charge in [0.2, 0.25) is 5.91 Å². The largest absolute Gasteiger partial charge is 0.481 e. The predicted octanol–water partition coefficient (Wildman–Crippen LogP) is 3.80. The van der Waals surface area contributed by atoms with Gasteiger partial charge in [-0.15, -0.1) is 11.3 Å². The first-order chi connectivity index (χ1) is 12.8. The van der Waals surface area contributed by atoms with Crippen LogP contribution in [-0.4, -0.2) is 30.1 Å². The number of carboxylic acid groups (broad SMARTS) is 1. The number of hydrogen-bond acceptors (Lipinski definition) is 5. The monoisotopic (exact) mass is 391 g/mol. The zero-order valence-corrected chi connectivity index (χ0v) is 16.7. The van der Waals surface area contributed by atoms with Gasteiger partial charge in [0.15, 0.2) is 0 Å². The van der Waals surface area contributed by atoms with Crippen LogP contribution in [0, 0.1) is 11.8 Å². The first kappa shape index (κ1) is 19.6. The molecule has 0 unspecified atom stereocenters. The molecule has 146 valence electrons. The summed E-state index contributed by atoms with van der Waals surface area (Å²) >= 11 is 1.42. The third-order valence-electron chi connectivity index (χ3n) is 5.72. The van der Waals surface area contributed by atoms with E-state index in [2.05, 4.69) is 5.32 Å². The maximum atomic E-state index is 13.0. The second kappa shape index (κ2) is 7.84. The van der Waals surface area contributed by atoms with Gasteiger partial charge in [0.05, 0.1) is 24.5 Å². The molecule has 0 aliphatic heterocycles. The number of amides is 1. The van der Waals surface area contributed by atoms with Crippen LogP contribution in [0.4, 0.5) is 5.00 Å². The van der Waals surface area contributed by atoms with Crippen LogP contribution >= 0.6 is 11.3 Å². The van der Waals surface area contributed by atoms with Crippen molar-refractivity contribution < 1.29 is 24.2 Å². The number of carboxylic acids is 1. The van der Waals surface area contributed by atoms with Gasteiger partial charge in [0.1, 0.15) is 5.00 Å². The molecule has 1 heterocycles. The lowest BCUT2D eigenvalue weighted by Gasteiger charge is -2.29. The number of methoxy groups -OCH3 is 1. The summed E-state index contributed by atoms with van der Waals surface area (Å²) in [5.41, 5.74) is 3.51. The zero-order valence-electron chi connectivity index (χ0n) is 15.9. The summed E-state index contributed by atoms with van der Waals surface area (Å²) in [5, 5.41) is 12.9. The van der Waals surface area contributed by atoms with Crippen molar-refractivity contribution in [3.05, 3.63) is 27.2 Å². The van der Waals surface area contributed by atoms with Gasteiger partial charge in [-0.05, 0) is 57.9 Å². The first-order valence-corrected chi connectivity index (χ1v) is 10.1. The van der Waals surface area contributed by atoms with E-state index in [1.54, 1.807) is 0 Å². The topological polar surface area (TPSA) is 92.7 Å². The van der Waals surface area contributed by atoms with Gasteiger partial charge >= 0.3 is 11.9 Å². The van der Waals surface area contributed by atoms with Crippen molar-refractivity contribution >= 4 is 34.2 Å². The van der Waals surface area contributed by atoms with Gasteiger partial charge in [0, 0.05) is 4.88 Å². The van der Waals surface area contributed by atoms with Gasteiger partial charge in [-0.25, -0.2) is 4.79 Å². The Bertz CT molecular complexity index is 823. The van der Waals surface area contributed by atoms with Crippen LogP contribution in [0.2, 0.25) is 0 Å². The number of nitrogens with one attached hydrogen (secondary N) is 1. The van der Waals surface area contributed by atoms with Crippen molar-refractivity contribution in [1.29, 1.82) is 0 Å². The molecule has 6 nitrogen and oxygen atoms in total. The number of anilines is 1. The minimum absolute atomic E-state index is 0.335. The Morgan fingerprint density at radius 1 is 1.07 bits per heavy atom. The fourth-order valence-corrected chi connectivity index (χ4v) is 5.28. The van der Waals surface area contributed by atoms with E-state index in [0.29, 0.717) is 23.4 Å². The smallest absolute Gasteiger partial charge is 0.341 e. The number of esters is 1. The van der Waals surface area contributed by atoms with Crippen LogP contribution in [0.5, 0.6) is 0 Å². The molecule has 1 aromatic heterocycles. The number of hydrogen-bond donors (Lipinski definition) is 2. The summed E-state index contributed by atoms with van der Waals surface area (Å²) in [6.07, 6.45) is 4.57. The molecule has 1 amide bonds. The summed E-state index contributed by atoms with van der Waals surface area (Å²) in [6.45, 7) is 3.86. The van der Waals surface area contributed by atoms with E-state index in [4.69, 9.17) is 4.74 Å². The van der Waals surface area contributed by atoms with E-state index in [0.717, 1.165) is 47.3 Å². The molecular formula is C20H25NO5S. The number of carbonyl (C=O) groups excluding carboxylic acids is 2. The molecular weight excluding hydrogens is 366 g/mol. The second-order valence-electron chi connectivity index (χ2n) is 7.42. The summed E-state index contributed by atoms with van der Waals surface area (Å²) in [4.78, 5) is 38.1. The maximum Gasteiger partial charge on any atom is 0.341 e. The summed E-state index contributed by atoms with van der Waals surface area (Å²) < 4.78 is 4.93. The Balaban J connectivity index is 1.90. The van der Waals surface area contributed by atoms with Crippen molar-refractivity contribution in [2.75, 3.05) is 12.4 Å². The zero-order chi connectivity index (χ0) is 19.7.